The van der Waals surface area contributed by atoms with Crippen LogP contribution >= 0.6 is 11.3 Å². The molecule has 0 spiro atoms. The quantitative estimate of drug-likeness (QED) is 0.822. The number of nitrogens with one attached hydrogen (secondary N) is 1. The third kappa shape index (κ3) is 4.08. The van der Waals surface area contributed by atoms with Crippen molar-refractivity contribution in [1.29, 1.82) is 0 Å². The van der Waals surface area contributed by atoms with Crippen LogP contribution in [-0.2, 0) is 4.79 Å². The fourth-order valence-electron chi connectivity index (χ4n) is 2.06. The van der Waals surface area contributed by atoms with E-state index in [9.17, 15) is 9.59 Å². The van der Waals surface area contributed by atoms with Crippen molar-refractivity contribution in [2.75, 3.05) is 6.61 Å². The van der Waals surface area contributed by atoms with Crippen LogP contribution < -0.4 is 10.1 Å². The number of hydrogen-bond donors (Lipinski definition) is 2. The van der Waals surface area contributed by atoms with Gasteiger partial charge in [0.2, 0.25) is 0 Å². The molecule has 0 aliphatic carbocycles. The second-order valence-corrected chi connectivity index (χ2v) is 5.55. The topological polar surface area (TPSA) is 75.6 Å². The number of carboxylic acids is 1. The molecule has 0 aliphatic rings. The van der Waals surface area contributed by atoms with Crippen molar-refractivity contribution in [3.05, 3.63) is 52.2 Å². The molecular formula is C16H17NO4S. The Morgan fingerprint density at radius 1 is 1.27 bits per heavy atom. The van der Waals surface area contributed by atoms with Crippen LogP contribution in [0.5, 0.6) is 5.75 Å². The fourth-order valence-corrected chi connectivity index (χ4v) is 2.84. The number of para-hydroxylation sites is 1. The molecule has 22 heavy (non-hydrogen) atoms. The van der Waals surface area contributed by atoms with Crippen molar-refractivity contribution in [2.24, 2.45) is 0 Å². The fraction of sp³-hybridized carbons (Fsp3) is 0.250. The van der Waals surface area contributed by atoms with Gasteiger partial charge in [-0.1, -0.05) is 18.2 Å². The number of aliphatic carboxylic acids is 1. The van der Waals surface area contributed by atoms with E-state index in [1.807, 2.05) is 24.4 Å². The molecule has 1 aromatic heterocycles. The first-order valence-electron chi connectivity index (χ1n) is 6.89. The summed E-state index contributed by atoms with van der Waals surface area (Å²) in [6.45, 7) is 2.29. The third-order valence-corrected chi connectivity index (χ3v) is 3.99. The Balaban J connectivity index is 2.19. The molecule has 116 valence electrons. The number of amides is 1. The first-order chi connectivity index (χ1) is 10.6. The van der Waals surface area contributed by atoms with Gasteiger partial charge in [0.25, 0.3) is 5.91 Å². The summed E-state index contributed by atoms with van der Waals surface area (Å²) in [7, 11) is 0. The summed E-state index contributed by atoms with van der Waals surface area (Å²) in [5.41, 5.74) is 0.399. The lowest BCUT2D eigenvalue weighted by molar-refractivity contribution is -0.137. The van der Waals surface area contributed by atoms with Crippen LogP contribution in [0, 0.1) is 0 Å². The molecule has 6 heteroatoms. The van der Waals surface area contributed by atoms with E-state index in [0.29, 0.717) is 17.9 Å². The van der Waals surface area contributed by atoms with Gasteiger partial charge >= 0.3 is 5.97 Å². The second-order valence-electron chi connectivity index (χ2n) is 4.57. The molecule has 2 N–H and O–H groups in total. The number of hydrogen-bond acceptors (Lipinski definition) is 4. The molecule has 2 aromatic rings. The van der Waals surface area contributed by atoms with Gasteiger partial charge in [-0.25, -0.2) is 0 Å². The van der Waals surface area contributed by atoms with Crippen LogP contribution in [-0.4, -0.2) is 23.6 Å². The van der Waals surface area contributed by atoms with Gasteiger partial charge in [0, 0.05) is 4.88 Å². The highest BCUT2D eigenvalue weighted by atomic mass is 32.1. The van der Waals surface area contributed by atoms with E-state index in [1.54, 1.807) is 24.3 Å². The number of benzene rings is 1. The van der Waals surface area contributed by atoms with E-state index < -0.39 is 12.0 Å². The third-order valence-electron chi connectivity index (χ3n) is 3.00. The maximum atomic E-state index is 12.4. The molecule has 1 atom stereocenters. The zero-order valence-corrected chi connectivity index (χ0v) is 12.9. The lowest BCUT2D eigenvalue weighted by Gasteiger charge is -2.17. The molecule has 0 unspecified atom stereocenters. The number of carboxylic acid groups (broad SMARTS) is 1. The predicted octanol–water partition coefficient (Wildman–Crippen LogP) is 3.09. The molecule has 0 fully saturated rings. The maximum Gasteiger partial charge on any atom is 0.305 e. The van der Waals surface area contributed by atoms with Gasteiger partial charge < -0.3 is 15.2 Å². The number of thiophene rings is 1. The summed E-state index contributed by atoms with van der Waals surface area (Å²) < 4.78 is 5.44. The average molecular weight is 319 g/mol. The molecule has 0 aliphatic heterocycles. The zero-order valence-electron chi connectivity index (χ0n) is 12.1. The number of ether oxygens (including phenoxy) is 1. The van der Waals surface area contributed by atoms with Crippen LogP contribution in [0.4, 0.5) is 0 Å². The highest BCUT2D eigenvalue weighted by molar-refractivity contribution is 7.10. The summed E-state index contributed by atoms with van der Waals surface area (Å²) in [5, 5.41) is 13.7. The normalized spacial score (nSPS) is 11.7. The van der Waals surface area contributed by atoms with E-state index in [0.717, 1.165) is 4.88 Å². The SMILES string of the molecule is CCOc1ccccc1C(=O)N[C@H](CC(=O)O)c1cccs1. The van der Waals surface area contributed by atoms with Gasteiger partial charge in [0.05, 0.1) is 24.6 Å². The Morgan fingerprint density at radius 3 is 2.68 bits per heavy atom. The van der Waals surface area contributed by atoms with E-state index in [1.165, 1.54) is 11.3 Å². The Hall–Kier alpha value is -2.34. The molecule has 1 aromatic carbocycles. The summed E-state index contributed by atoms with van der Waals surface area (Å²) in [6, 6.07) is 9.99. The largest absolute Gasteiger partial charge is 0.493 e. The first kappa shape index (κ1) is 16.0. The first-order valence-corrected chi connectivity index (χ1v) is 7.77. The monoisotopic (exact) mass is 319 g/mol. The summed E-state index contributed by atoms with van der Waals surface area (Å²) in [4.78, 5) is 24.3. The highest BCUT2D eigenvalue weighted by Crippen LogP contribution is 2.24. The van der Waals surface area contributed by atoms with E-state index in [2.05, 4.69) is 5.32 Å². The van der Waals surface area contributed by atoms with Crippen molar-refractivity contribution in [2.45, 2.75) is 19.4 Å². The maximum absolute atomic E-state index is 12.4. The lowest BCUT2D eigenvalue weighted by Crippen LogP contribution is -2.30. The summed E-state index contributed by atoms with van der Waals surface area (Å²) in [6.07, 6.45) is -0.164. The molecule has 0 radical (unpaired) electrons. The summed E-state index contributed by atoms with van der Waals surface area (Å²) >= 11 is 1.42. The van der Waals surface area contributed by atoms with Crippen LogP contribution in [0.3, 0.4) is 0 Å². The van der Waals surface area contributed by atoms with Crippen molar-refractivity contribution in [1.82, 2.24) is 5.32 Å². The van der Waals surface area contributed by atoms with Gasteiger partial charge in [0.1, 0.15) is 5.75 Å². The molecule has 0 saturated carbocycles. The molecule has 1 heterocycles. The van der Waals surface area contributed by atoms with Crippen LogP contribution in [0.1, 0.15) is 34.6 Å². The number of carbonyl (C=O) groups excluding carboxylic acids is 1. The Kier molecular flexibility index (Phi) is 5.55. The Bertz CT molecular complexity index is 639. The van der Waals surface area contributed by atoms with Crippen molar-refractivity contribution >= 4 is 23.2 Å². The van der Waals surface area contributed by atoms with Crippen molar-refractivity contribution < 1.29 is 19.4 Å². The van der Waals surface area contributed by atoms with Crippen molar-refractivity contribution in [3.63, 3.8) is 0 Å². The van der Waals surface area contributed by atoms with E-state index in [-0.39, 0.29) is 12.3 Å². The van der Waals surface area contributed by atoms with Gasteiger partial charge in [-0.2, -0.15) is 0 Å². The average Bonchev–Trinajstić information content (AvgIpc) is 3.01. The van der Waals surface area contributed by atoms with Crippen LogP contribution in [0.15, 0.2) is 41.8 Å². The van der Waals surface area contributed by atoms with Crippen molar-refractivity contribution in [3.8, 4) is 5.75 Å². The minimum atomic E-state index is -0.961. The smallest absolute Gasteiger partial charge is 0.305 e. The molecule has 0 saturated heterocycles. The second kappa shape index (κ2) is 7.61. The van der Waals surface area contributed by atoms with Gasteiger partial charge in [-0.3, -0.25) is 9.59 Å². The van der Waals surface area contributed by atoms with Crippen LogP contribution in [0.2, 0.25) is 0 Å². The Morgan fingerprint density at radius 2 is 2.05 bits per heavy atom. The molecule has 5 nitrogen and oxygen atoms in total. The van der Waals surface area contributed by atoms with Gasteiger partial charge in [0.15, 0.2) is 0 Å². The molecule has 2 rings (SSSR count). The highest BCUT2D eigenvalue weighted by Gasteiger charge is 2.21. The lowest BCUT2D eigenvalue weighted by atomic mass is 10.1. The Labute approximate surface area is 132 Å². The zero-order chi connectivity index (χ0) is 15.9. The molecule has 0 bridgehead atoms. The minimum absolute atomic E-state index is 0.164. The standard InChI is InChI=1S/C16H17NO4S/c1-2-21-13-7-4-3-6-11(13)16(20)17-12(10-15(18)19)14-8-5-9-22-14/h3-9,12H,2,10H2,1H3,(H,17,20)(H,18,19)/t12-/m1/s1. The summed E-state index contributed by atoms with van der Waals surface area (Å²) in [5.74, 6) is -0.816. The number of carbonyl (C=O) groups is 2. The molecule has 1 amide bonds. The molecular weight excluding hydrogens is 302 g/mol. The van der Waals surface area contributed by atoms with Gasteiger partial charge in [-0.05, 0) is 30.5 Å². The van der Waals surface area contributed by atoms with Crippen LogP contribution in [0.25, 0.3) is 0 Å². The van der Waals surface area contributed by atoms with Gasteiger partial charge in [-0.15, -0.1) is 11.3 Å². The number of rotatable bonds is 7. The minimum Gasteiger partial charge on any atom is -0.493 e. The van der Waals surface area contributed by atoms with E-state index >= 15 is 0 Å². The predicted molar refractivity (Wildman–Crippen MR) is 84.4 cm³/mol. The van der Waals surface area contributed by atoms with E-state index in [4.69, 9.17) is 9.84 Å².